The molecule has 0 spiro atoms. The number of esters is 2. The number of methoxy groups -OCH3 is 1. The van der Waals surface area contributed by atoms with E-state index in [1.807, 2.05) is 0 Å². The number of anilines is 1. The molecule has 6 heteroatoms. The summed E-state index contributed by atoms with van der Waals surface area (Å²) in [6.07, 6.45) is -0.253. The van der Waals surface area contributed by atoms with Crippen LogP contribution in [0.1, 0.15) is 24.2 Å². The second-order valence-corrected chi connectivity index (χ2v) is 4.07. The number of carbonyl (C=O) groups is 2. The van der Waals surface area contributed by atoms with Gasteiger partial charge in [-0.05, 0) is 26.0 Å². The third-order valence-electron chi connectivity index (χ3n) is 2.13. The van der Waals surface area contributed by atoms with Crippen LogP contribution in [0.3, 0.4) is 0 Å². The fraction of sp³-hybridized carbons (Fsp3) is 0.385. The first kappa shape index (κ1) is 14.8. The van der Waals surface area contributed by atoms with E-state index in [0.29, 0.717) is 11.4 Å². The topological polar surface area (TPSA) is 87.9 Å². The van der Waals surface area contributed by atoms with Crippen LogP contribution < -0.4 is 10.5 Å². The van der Waals surface area contributed by atoms with Gasteiger partial charge in [-0.2, -0.15) is 0 Å². The largest absolute Gasteiger partial charge is 0.496 e. The van der Waals surface area contributed by atoms with Crippen LogP contribution in [0.25, 0.3) is 0 Å². The maximum absolute atomic E-state index is 11.8. The van der Waals surface area contributed by atoms with Gasteiger partial charge in [0, 0.05) is 11.8 Å². The smallest absolute Gasteiger partial charge is 0.344 e. The van der Waals surface area contributed by atoms with Crippen molar-refractivity contribution in [2.24, 2.45) is 0 Å². The SMILES string of the molecule is COc1cc(N)ccc1C(=O)OCC(=O)OC(C)C. The molecule has 0 saturated heterocycles. The molecule has 6 nitrogen and oxygen atoms in total. The van der Waals surface area contributed by atoms with Crippen LogP contribution in [0.4, 0.5) is 5.69 Å². The highest BCUT2D eigenvalue weighted by molar-refractivity contribution is 5.94. The van der Waals surface area contributed by atoms with Gasteiger partial charge in [-0.1, -0.05) is 0 Å². The predicted octanol–water partition coefficient (Wildman–Crippen LogP) is 1.39. The molecule has 0 amide bonds. The molecule has 104 valence electrons. The van der Waals surface area contributed by atoms with Gasteiger partial charge in [0.05, 0.1) is 13.2 Å². The van der Waals surface area contributed by atoms with E-state index >= 15 is 0 Å². The third kappa shape index (κ3) is 4.50. The lowest BCUT2D eigenvalue weighted by atomic mass is 10.2. The second kappa shape index (κ2) is 6.63. The van der Waals surface area contributed by atoms with Gasteiger partial charge in [-0.25, -0.2) is 9.59 Å². The molecule has 0 bridgehead atoms. The molecule has 0 heterocycles. The molecule has 0 aliphatic carbocycles. The average molecular weight is 267 g/mol. The van der Waals surface area contributed by atoms with Crippen molar-refractivity contribution in [1.29, 1.82) is 0 Å². The van der Waals surface area contributed by atoms with Crippen LogP contribution >= 0.6 is 0 Å². The van der Waals surface area contributed by atoms with E-state index < -0.39 is 18.5 Å². The molecule has 1 rings (SSSR count). The standard InChI is InChI=1S/C13H17NO5/c1-8(2)19-12(15)7-18-13(16)10-5-4-9(14)6-11(10)17-3/h4-6,8H,7,14H2,1-3H3. The first-order chi connectivity index (χ1) is 8.93. The lowest BCUT2D eigenvalue weighted by Crippen LogP contribution is -2.19. The minimum atomic E-state index is -0.669. The summed E-state index contributed by atoms with van der Waals surface area (Å²) >= 11 is 0. The normalized spacial score (nSPS) is 10.1. The molecule has 0 saturated carbocycles. The summed E-state index contributed by atoms with van der Waals surface area (Å²) in [5, 5.41) is 0. The van der Waals surface area contributed by atoms with Crippen LogP contribution in [0.5, 0.6) is 5.75 Å². The maximum atomic E-state index is 11.8. The first-order valence-corrected chi connectivity index (χ1v) is 5.74. The molecule has 1 aromatic rings. The fourth-order valence-electron chi connectivity index (χ4n) is 1.38. The van der Waals surface area contributed by atoms with E-state index in [9.17, 15) is 9.59 Å². The molecule has 0 unspecified atom stereocenters. The fourth-order valence-corrected chi connectivity index (χ4v) is 1.38. The van der Waals surface area contributed by atoms with Crippen molar-refractivity contribution in [2.45, 2.75) is 20.0 Å². The van der Waals surface area contributed by atoms with Gasteiger partial charge in [0.15, 0.2) is 6.61 Å². The molecule has 0 aliphatic rings. The zero-order chi connectivity index (χ0) is 14.4. The lowest BCUT2D eigenvalue weighted by Gasteiger charge is -2.10. The minimum absolute atomic E-state index is 0.203. The van der Waals surface area contributed by atoms with Crippen molar-refractivity contribution in [3.8, 4) is 5.75 Å². The Morgan fingerprint density at radius 3 is 2.58 bits per heavy atom. The molecule has 0 aromatic heterocycles. The highest BCUT2D eigenvalue weighted by Gasteiger charge is 2.16. The van der Waals surface area contributed by atoms with Crippen molar-refractivity contribution in [3.05, 3.63) is 23.8 Å². The van der Waals surface area contributed by atoms with Crippen LogP contribution in [0, 0.1) is 0 Å². The van der Waals surface area contributed by atoms with Gasteiger partial charge in [0.1, 0.15) is 11.3 Å². The summed E-state index contributed by atoms with van der Waals surface area (Å²) in [5.74, 6) is -0.974. The number of benzene rings is 1. The number of nitrogen functional groups attached to an aromatic ring is 1. The van der Waals surface area contributed by atoms with Gasteiger partial charge in [0.2, 0.25) is 0 Å². The number of carbonyl (C=O) groups excluding carboxylic acids is 2. The van der Waals surface area contributed by atoms with Crippen molar-refractivity contribution >= 4 is 17.6 Å². The number of hydrogen-bond acceptors (Lipinski definition) is 6. The van der Waals surface area contributed by atoms with Gasteiger partial charge in [-0.15, -0.1) is 0 Å². The van der Waals surface area contributed by atoms with E-state index in [4.69, 9.17) is 19.9 Å². The molecular weight excluding hydrogens is 250 g/mol. The minimum Gasteiger partial charge on any atom is -0.496 e. The number of nitrogens with two attached hydrogens (primary N) is 1. The highest BCUT2D eigenvalue weighted by Crippen LogP contribution is 2.22. The third-order valence-corrected chi connectivity index (χ3v) is 2.13. The zero-order valence-corrected chi connectivity index (χ0v) is 11.1. The Morgan fingerprint density at radius 2 is 2.00 bits per heavy atom. The zero-order valence-electron chi connectivity index (χ0n) is 11.1. The van der Waals surface area contributed by atoms with Gasteiger partial charge < -0.3 is 19.9 Å². The number of hydrogen-bond donors (Lipinski definition) is 1. The van der Waals surface area contributed by atoms with E-state index in [1.54, 1.807) is 19.9 Å². The summed E-state index contributed by atoms with van der Waals surface area (Å²) in [5.41, 5.74) is 6.24. The van der Waals surface area contributed by atoms with E-state index in [0.717, 1.165) is 0 Å². The molecule has 2 N–H and O–H groups in total. The maximum Gasteiger partial charge on any atom is 0.344 e. The number of rotatable bonds is 5. The van der Waals surface area contributed by atoms with Crippen molar-refractivity contribution in [2.75, 3.05) is 19.5 Å². The molecule has 0 radical (unpaired) electrons. The molecule has 19 heavy (non-hydrogen) atoms. The van der Waals surface area contributed by atoms with Crippen molar-refractivity contribution in [3.63, 3.8) is 0 Å². The quantitative estimate of drug-likeness (QED) is 0.640. The van der Waals surface area contributed by atoms with E-state index in [-0.39, 0.29) is 11.7 Å². The lowest BCUT2D eigenvalue weighted by molar-refractivity contribution is -0.150. The summed E-state index contributed by atoms with van der Waals surface area (Å²) in [6.45, 7) is 2.98. The first-order valence-electron chi connectivity index (χ1n) is 5.74. The van der Waals surface area contributed by atoms with E-state index in [1.165, 1.54) is 19.2 Å². The summed E-state index contributed by atoms with van der Waals surface area (Å²) < 4.78 is 14.7. The summed E-state index contributed by atoms with van der Waals surface area (Å²) in [7, 11) is 1.42. The number of ether oxygens (including phenoxy) is 3. The van der Waals surface area contributed by atoms with Gasteiger partial charge in [-0.3, -0.25) is 0 Å². The Kier molecular flexibility index (Phi) is 5.17. The Labute approximate surface area is 111 Å². The van der Waals surface area contributed by atoms with Crippen LogP contribution in [-0.2, 0) is 14.3 Å². The predicted molar refractivity (Wildman–Crippen MR) is 68.9 cm³/mol. The monoisotopic (exact) mass is 267 g/mol. The molecular formula is C13H17NO5. The Hall–Kier alpha value is -2.24. The molecule has 0 aliphatic heterocycles. The summed E-state index contributed by atoms with van der Waals surface area (Å²) in [6, 6.07) is 4.53. The second-order valence-electron chi connectivity index (χ2n) is 4.07. The van der Waals surface area contributed by atoms with Crippen molar-refractivity contribution < 1.29 is 23.8 Å². The van der Waals surface area contributed by atoms with E-state index in [2.05, 4.69) is 0 Å². The molecule has 0 atom stereocenters. The van der Waals surface area contributed by atoms with Crippen LogP contribution in [-0.4, -0.2) is 31.8 Å². The van der Waals surface area contributed by atoms with Crippen LogP contribution in [0.15, 0.2) is 18.2 Å². The average Bonchev–Trinajstić information content (AvgIpc) is 2.34. The Bertz CT molecular complexity index is 470. The molecule has 1 aromatic carbocycles. The highest BCUT2D eigenvalue weighted by atomic mass is 16.6. The van der Waals surface area contributed by atoms with Gasteiger partial charge in [0.25, 0.3) is 0 Å². The summed E-state index contributed by atoms with van der Waals surface area (Å²) in [4.78, 5) is 23.0. The molecule has 0 fully saturated rings. The Morgan fingerprint density at radius 1 is 1.32 bits per heavy atom. The van der Waals surface area contributed by atoms with Gasteiger partial charge >= 0.3 is 11.9 Å². The van der Waals surface area contributed by atoms with Crippen LogP contribution in [0.2, 0.25) is 0 Å². The Balaban J connectivity index is 2.66. The van der Waals surface area contributed by atoms with Crippen molar-refractivity contribution in [1.82, 2.24) is 0 Å².